The average molecular weight is 351 g/mol. The Morgan fingerprint density at radius 2 is 1.46 bits per heavy atom. The van der Waals surface area contributed by atoms with E-state index in [2.05, 4.69) is 16.0 Å². The maximum Gasteiger partial charge on any atom is 0.269 e. The summed E-state index contributed by atoms with van der Waals surface area (Å²) < 4.78 is 1.65. The van der Waals surface area contributed by atoms with E-state index >= 15 is 0 Å². The molecule has 9 nitrogen and oxygen atoms in total. The SMILES string of the molecule is O=C(NNC(=O)c1ccc([N+](=O)[O-])cc1)c1ccc(-n2cccn2)cc1. The molecule has 3 rings (SSSR count). The number of aromatic nitrogens is 2. The predicted octanol–water partition coefficient (Wildman–Crippen LogP) is 1.86. The normalized spacial score (nSPS) is 10.2. The zero-order chi connectivity index (χ0) is 18.5. The lowest BCUT2D eigenvalue weighted by Gasteiger charge is -2.08. The molecule has 0 aliphatic heterocycles. The molecule has 26 heavy (non-hydrogen) atoms. The van der Waals surface area contributed by atoms with E-state index in [4.69, 9.17) is 0 Å². The molecule has 0 aliphatic rings. The summed E-state index contributed by atoms with van der Waals surface area (Å²) >= 11 is 0. The van der Waals surface area contributed by atoms with E-state index in [1.165, 1.54) is 24.3 Å². The smallest absolute Gasteiger partial charge is 0.267 e. The largest absolute Gasteiger partial charge is 0.269 e. The van der Waals surface area contributed by atoms with Crippen molar-refractivity contribution < 1.29 is 14.5 Å². The molecule has 0 saturated heterocycles. The highest BCUT2D eigenvalue weighted by atomic mass is 16.6. The fourth-order valence-corrected chi connectivity index (χ4v) is 2.18. The van der Waals surface area contributed by atoms with E-state index in [0.29, 0.717) is 5.56 Å². The molecule has 0 saturated carbocycles. The quantitative estimate of drug-likeness (QED) is 0.549. The number of non-ortho nitro benzene ring substituents is 1. The van der Waals surface area contributed by atoms with E-state index < -0.39 is 16.7 Å². The van der Waals surface area contributed by atoms with Crippen LogP contribution in [0.15, 0.2) is 67.0 Å². The molecule has 0 unspecified atom stereocenters. The number of nitro groups is 1. The Hall–Kier alpha value is -4.01. The third kappa shape index (κ3) is 3.73. The Morgan fingerprint density at radius 1 is 0.923 bits per heavy atom. The van der Waals surface area contributed by atoms with E-state index in [0.717, 1.165) is 5.69 Å². The number of amides is 2. The fourth-order valence-electron chi connectivity index (χ4n) is 2.18. The van der Waals surface area contributed by atoms with Crippen molar-refractivity contribution in [3.8, 4) is 5.69 Å². The highest BCUT2D eigenvalue weighted by molar-refractivity contribution is 5.99. The zero-order valence-electron chi connectivity index (χ0n) is 13.3. The minimum Gasteiger partial charge on any atom is -0.267 e. The molecule has 0 bridgehead atoms. The first-order valence-electron chi connectivity index (χ1n) is 7.50. The molecule has 0 atom stereocenters. The summed E-state index contributed by atoms with van der Waals surface area (Å²) in [6.07, 6.45) is 3.42. The lowest BCUT2D eigenvalue weighted by atomic mass is 10.2. The van der Waals surface area contributed by atoms with Crippen molar-refractivity contribution in [2.75, 3.05) is 0 Å². The first-order valence-corrected chi connectivity index (χ1v) is 7.50. The summed E-state index contributed by atoms with van der Waals surface area (Å²) in [5.74, 6) is -1.08. The zero-order valence-corrected chi connectivity index (χ0v) is 13.3. The van der Waals surface area contributed by atoms with Gasteiger partial charge in [-0.15, -0.1) is 0 Å². The van der Waals surface area contributed by atoms with Gasteiger partial charge < -0.3 is 0 Å². The van der Waals surface area contributed by atoms with Gasteiger partial charge in [0.25, 0.3) is 17.5 Å². The summed E-state index contributed by atoms with van der Waals surface area (Å²) in [5, 5.41) is 14.7. The standard InChI is InChI=1S/C17H13N5O4/c23-16(12-2-6-14(7-3-12)21-11-1-10-18-21)19-20-17(24)13-4-8-15(9-5-13)22(25)26/h1-11H,(H,19,23)(H,20,24). The fraction of sp³-hybridized carbons (Fsp3) is 0. The van der Waals surface area contributed by atoms with Crippen LogP contribution in [0.1, 0.15) is 20.7 Å². The summed E-state index contributed by atoms with van der Waals surface area (Å²) in [7, 11) is 0. The molecular formula is C17H13N5O4. The van der Waals surface area contributed by atoms with Gasteiger partial charge in [0.15, 0.2) is 0 Å². The number of benzene rings is 2. The number of nitrogens with zero attached hydrogens (tertiary/aromatic N) is 3. The summed E-state index contributed by atoms with van der Waals surface area (Å²) in [6.45, 7) is 0. The van der Waals surface area contributed by atoms with Crippen molar-refractivity contribution in [3.63, 3.8) is 0 Å². The second kappa shape index (κ2) is 7.26. The number of rotatable bonds is 4. The van der Waals surface area contributed by atoms with Crippen molar-refractivity contribution in [2.24, 2.45) is 0 Å². The second-order valence-electron chi connectivity index (χ2n) is 5.21. The van der Waals surface area contributed by atoms with Gasteiger partial charge >= 0.3 is 0 Å². The minimum absolute atomic E-state index is 0.122. The van der Waals surface area contributed by atoms with E-state index in [1.54, 1.807) is 47.4 Å². The molecule has 2 amide bonds. The van der Waals surface area contributed by atoms with Gasteiger partial charge in [-0.25, -0.2) is 4.68 Å². The number of hydrogen-bond donors (Lipinski definition) is 2. The topological polar surface area (TPSA) is 119 Å². The van der Waals surface area contributed by atoms with Crippen LogP contribution >= 0.6 is 0 Å². The molecule has 9 heteroatoms. The monoisotopic (exact) mass is 351 g/mol. The van der Waals surface area contributed by atoms with Crippen molar-refractivity contribution in [2.45, 2.75) is 0 Å². The Kier molecular flexibility index (Phi) is 4.70. The molecule has 1 aromatic heterocycles. The Balaban J connectivity index is 1.59. The van der Waals surface area contributed by atoms with Crippen LogP contribution in [0.3, 0.4) is 0 Å². The molecule has 0 spiro atoms. The number of nitro benzene ring substituents is 1. The van der Waals surface area contributed by atoms with Crippen LogP contribution in [0.5, 0.6) is 0 Å². The van der Waals surface area contributed by atoms with Crippen LogP contribution in [0.4, 0.5) is 5.69 Å². The van der Waals surface area contributed by atoms with Gasteiger partial charge in [-0.05, 0) is 42.5 Å². The molecule has 1 heterocycles. The maximum absolute atomic E-state index is 12.1. The molecule has 0 fully saturated rings. The van der Waals surface area contributed by atoms with Crippen molar-refractivity contribution >= 4 is 17.5 Å². The third-order valence-electron chi connectivity index (χ3n) is 3.53. The Bertz CT molecular complexity index is 934. The van der Waals surface area contributed by atoms with Crippen LogP contribution in [0.25, 0.3) is 5.69 Å². The van der Waals surface area contributed by atoms with Gasteiger partial charge in [0, 0.05) is 35.7 Å². The van der Waals surface area contributed by atoms with Gasteiger partial charge in [-0.1, -0.05) is 0 Å². The van der Waals surface area contributed by atoms with E-state index in [9.17, 15) is 19.7 Å². The number of nitrogens with one attached hydrogen (secondary N) is 2. The van der Waals surface area contributed by atoms with Crippen molar-refractivity contribution in [1.82, 2.24) is 20.6 Å². The lowest BCUT2D eigenvalue weighted by molar-refractivity contribution is -0.384. The maximum atomic E-state index is 12.1. The Labute approximate surface area is 147 Å². The first-order chi connectivity index (χ1) is 12.5. The molecule has 0 aliphatic carbocycles. The number of hydrogen-bond acceptors (Lipinski definition) is 5. The molecular weight excluding hydrogens is 338 g/mol. The van der Waals surface area contributed by atoms with Gasteiger partial charge in [-0.2, -0.15) is 5.10 Å². The summed E-state index contributed by atoms with van der Waals surface area (Å²) in [5.41, 5.74) is 5.76. The molecule has 0 radical (unpaired) electrons. The van der Waals surface area contributed by atoms with Crippen LogP contribution < -0.4 is 10.9 Å². The number of carbonyl (C=O) groups excluding carboxylic acids is 2. The second-order valence-corrected chi connectivity index (χ2v) is 5.21. The van der Waals surface area contributed by atoms with Crippen molar-refractivity contribution in [3.05, 3.63) is 88.2 Å². The lowest BCUT2D eigenvalue weighted by Crippen LogP contribution is -2.41. The average Bonchev–Trinajstić information content (AvgIpc) is 3.21. The number of hydrazine groups is 1. The highest BCUT2D eigenvalue weighted by Gasteiger charge is 2.11. The molecule has 130 valence electrons. The van der Waals surface area contributed by atoms with Crippen LogP contribution in [0, 0.1) is 10.1 Å². The summed E-state index contributed by atoms with van der Waals surface area (Å²) in [4.78, 5) is 34.1. The first kappa shape index (κ1) is 16.8. The van der Waals surface area contributed by atoms with Crippen LogP contribution in [0.2, 0.25) is 0 Å². The number of carbonyl (C=O) groups is 2. The van der Waals surface area contributed by atoms with E-state index in [-0.39, 0.29) is 11.3 Å². The van der Waals surface area contributed by atoms with Crippen LogP contribution in [-0.4, -0.2) is 26.5 Å². The van der Waals surface area contributed by atoms with Gasteiger partial charge in [0.1, 0.15) is 0 Å². The molecule has 3 aromatic rings. The van der Waals surface area contributed by atoms with Gasteiger partial charge in [-0.3, -0.25) is 30.6 Å². The Morgan fingerprint density at radius 3 is 1.92 bits per heavy atom. The highest BCUT2D eigenvalue weighted by Crippen LogP contribution is 2.12. The third-order valence-corrected chi connectivity index (χ3v) is 3.53. The van der Waals surface area contributed by atoms with Gasteiger partial charge in [0.05, 0.1) is 10.6 Å². The minimum atomic E-state index is -0.582. The predicted molar refractivity (Wildman–Crippen MR) is 91.6 cm³/mol. The van der Waals surface area contributed by atoms with Gasteiger partial charge in [0.2, 0.25) is 0 Å². The summed E-state index contributed by atoms with van der Waals surface area (Å²) in [6, 6.07) is 13.5. The van der Waals surface area contributed by atoms with Crippen LogP contribution in [-0.2, 0) is 0 Å². The van der Waals surface area contributed by atoms with Crippen molar-refractivity contribution in [1.29, 1.82) is 0 Å². The molecule has 2 aromatic carbocycles. The van der Waals surface area contributed by atoms with E-state index in [1.807, 2.05) is 0 Å². The molecule has 2 N–H and O–H groups in total.